The summed E-state index contributed by atoms with van der Waals surface area (Å²) in [6.07, 6.45) is 10.9. The number of fused-ring (bicyclic) bond motifs is 7. The predicted molar refractivity (Wildman–Crippen MR) is 174 cm³/mol. The highest BCUT2D eigenvalue weighted by Gasteiger charge is 2.50. The number of hydrogen-bond acceptors (Lipinski definition) is 6. The molecule has 0 radical (unpaired) electrons. The molecule has 3 aromatic rings. The number of benzene rings is 2. The Kier molecular flexibility index (Phi) is 7.72. The third kappa shape index (κ3) is 5.64. The second-order valence-corrected chi connectivity index (χ2v) is 16.1. The Morgan fingerprint density at radius 1 is 1.02 bits per heavy atom. The number of nitrogens with one attached hydrogen (secondary N) is 1. The topological polar surface area (TPSA) is 84.4 Å². The Morgan fingerprint density at radius 3 is 2.48 bits per heavy atom. The minimum Gasteiger partial charge on any atom is -0.473 e. The van der Waals surface area contributed by atoms with Gasteiger partial charge in [0.25, 0.3) is 10.0 Å². The van der Waals surface area contributed by atoms with E-state index in [-0.39, 0.29) is 28.9 Å². The lowest BCUT2D eigenvalue weighted by atomic mass is 9.63. The molecule has 1 unspecified atom stereocenters. The first-order valence-electron chi connectivity index (χ1n) is 16.6. The van der Waals surface area contributed by atoms with Crippen molar-refractivity contribution in [2.45, 2.75) is 114 Å². The van der Waals surface area contributed by atoms with E-state index in [9.17, 15) is 8.42 Å². The van der Waals surface area contributed by atoms with Crippen LogP contribution >= 0.6 is 0 Å². The molecule has 44 heavy (non-hydrogen) atoms. The summed E-state index contributed by atoms with van der Waals surface area (Å²) in [5, 5.41) is 0. The molecule has 1 aromatic heterocycles. The van der Waals surface area contributed by atoms with Crippen LogP contribution in [0.5, 0.6) is 5.88 Å². The standard InChI is InChI=1S/C36H46N4O3S/c1-23(2)17-31-32-19-27(13-16-40(31)28-21-36(22-28)14-5-6-15-36)26-11-8-12-29(18-26)44(41,42)39-35-37-30(20-33(38-35)43-32)34-24(3)9-7-10-25(34)4/h7-12,18,20,23,27-28,31-32H,5-6,13-17,19,21-22H2,1-4H3,(H,37,38,39)/t27?,31-,32+/m1/s1. The molecular formula is C36H46N4O3S. The van der Waals surface area contributed by atoms with Crippen molar-refractivity contribution in [1.29, 1.82) is 0 Å². The average Bonchev–Trinajstić information content (AvgIpc) is 3.38. The summed E-state index contributed by atoms with van der Waals surface area (Å²) >= 11 is 0. The van der Waals surface area contributed by atoms with Gasteiger partial charge in [-0.1, -0.05) is 57.0 Å². The van der Waals surface area contributed by atoms with Crippen molar-refractivity contribution in [3.8, 4) is 17.1 Å². The zero-order valence-corrected chi connectivity index (χ0v) is 27.4. The van der Waals surface area contributed by atoms with Crippen LogP contribution in [0.3, 0.4) is 0 Å². The first-order chi connectivity index (χ1) is 21.1. The van der Waals surface area contributed by atoms with Gasteiger partial charge in [0.2, 0.25) is 11.8 Å². The van der Waals surface area contributed by atoms with Gasteiger partial charge >= 0.3 is 0 Å². The van der Waals surface area contributed by atoms with Crippen LogP contribution in [-0.2, 0) is 10.0 Å². The summed E-state index contributed by atoms with van der Waals surface area (Å²) in [7, 11) is -3.90. The van der Waals surface area contributed by atoms with Crippen molar-refractivity contribution in [1.82, 2.24) is 14.9 Å². The quantitative estimate of drug-likeness (QED) is 0.325. The molecule has 1 saturated heterocycles. The van der Waals surface area contributed by atoms with Crippen molar-refractivity contribution in [2.75, 3.05) is 11.3 Å². The molecule has 3 atom stereocenters. The molecule has 234 valence electrons. The zero-order valence-electron chi connectivity index (χ0n) is 26.6. The van der Waals surface area contributed by atoms with Gasteiger partial charge in [-0.25, -0.2) is 18.1 Å². The molecule has 0 amide bonds. The Balaban J connectivity index is 1.34. The number of likely N-dealkylation sites (tertiary alicyclic amines) is 1. The van der Waals surface area contributed by atoms with E-state index in [1.807, 2.05) is 24.3 Å². The summed E-state index contributed by atoms with van der Waals surface area (Å²) in [5.74, 6) is 1.18. The Morgan fingerprint density at radius 2 is 1.75 bits per heavy atom. The molecule has 7 nitrogen and oxygen atoms in total. The molecule has 4 aliphatic rings. The lowest BCUT2D eigenvalue weighted by Gasteiger charge is -2.53. The first-order valence-corrected chi connectivity index (χ1v) is 18.1. The van der Waals surface area contributed by atoms with Crippen molar-refractivity contribution in [3.05, 3.63) is 65.2 Å². The molecule has 2 aliphatic carbocycles. The monoisotopic (exact) mass is 614 g/mol. The minimum absolute atomic E-state index is 0.0377. The van der Waals surface area contributed by atoms with Crippen LogP contribution in [0.2, 0.25) is 0 Å². The molecule has 1 spiro atoms. The molecule has 2 saturated carbocycles. The molecular weight excluding hydrogens is 568 g/mol. The average molecular weight is 615 g/mol. The molecule has 2 aliphatic heterocycles. The largest absolute Gasteiger partial charge is 0.473 e. The van der Waals surface area contributed by atoms with Gasteiger partial charge in [0.15, 0.2) is 0 Å². The van der Waals surface area contributed by atoms with Crippen molar-refractivity contribution in [2.24, 2.45) is 11.3 Å². The lowest BCUT2D eigenvalue weighted by Crippen LogP contribution is -2.57. The third-order valence-electron chi connectivity index (χ3n) is 10.9. The highest BCUT2D eigenvalue weighted by molar-refractivity contribution is 7.92. The van der Waals surface area contributed by atoms with Crippen LogP contribution in [-0.4, -0.2) is 48.0 Å². The van der Waals surface area contributed by atoms with Gasteiger partial charge in [-0.05, 0) is 111 Å². The van der Waals surface area contributed by atoms with Crippen molar-refractivity contribution < 1.29 is 13.2 Å². The van der Waals surface area contributed by atoms with Crippen LogP contribution in [0.15, 0.2) is 53.4 Å². The van der Waals surface area contributed by atoms with Crippen LogP contribution in [0.1, 0.15) is 94.2 Å². The van der Waals surface area contributed by atoms with E-state index in [2.05, 4.69) is 55.5 Å². The smallest absolute Gasteiger partial charge is 0.264 e. The number of ether oxygens (including phenoxy) is 1. The summed E-state index contributed by atoms with van der Waals surface area (Å²) in [6, 6.07) is 16.4. The summed E-state index contributed by atoms with van der Waals surface area (Å²) < 4.78 is 37.0. The van der Waals surface area contributed by atoms with E-state index in [0.29, 0.717) is 28.9 Å². The van der Waals surface area contributed by atoms with Gasteiger partial charge in [0.05, 0.1) is 10.6 Å². The molecule has 3 heterocycles. The molecule has 1 N–H and O–H groups in total. The zero-order chi connectivity index (χ0) is 30.6. The van der Waals surface area contributed by atoms with Gasteiger partial charge in [-0.3, -0.25) is 4.90 Å². The molecule has 2 aromatic carbocycles. The van der Waals surface area contributed by atoms with Gasteiger partial charge < -0.3 is 4.74 Å². The fourth-order valence-electron chi connectivity index (χ4n) is 8.75. The number of sulfonamides is 1. The van der Waals surface area contributed by atoms with Crippen molar-refractivity contribution in [3.63, 3.8) is 0 Å². The van der Waals surface area contributed by atoms with Crippen LogP contribution in [0, 0.1) is 25.2 Å². The maximum atomic E-state index is 13.7. The third-order valence-corrected chi connectivity index (χ3v) is 12.2. The Labute approximate surface area is 262 Å². The van der Waals surface area contributed by atoms with E-state index >= 15 is 0 Å². The van der Waals surface area contributed by atoms with Gasteiger partial charge in [0.1, 0.15) is 6.10 Å². The van der Waals surface area contributed by atoms with E-state index in [1.165, 1.54) is 38.5 Å². The second-order valence-electron chi connectivity index (χ2n) is 14.4. The highest BCUT2D eigenvalue weighted by atomic mass is 32.2. The summed E-state index contributed by atoms with van der Waals surface area (Å²) in [6.45, 7) is 9.74. The molecule has 6 bridgehead atoms. The maximum absolute atomic E-state index is 13.7. The number of anilines is 1. The first kappa shape index (κ1) is 29.7. The minimum atomic E-state index is -3.90. The lowest BCUT2D eigenvalue weighted by molar-refractivity contribution is -0.0460. The number of rotatable bonds is 4. The second kappa shape index (κ2) is 11.4. The SMILES string of the molecule is Cc1cccc(C)c1-c1cc2nc(n1)NS(=O)(=O)c1cccc(c1)C1CCN(C3CC4(CCCC4)C3)[C@H](CC(C)C)[C@H](C1)O2. The van der Waals surface area contributed by atoms with E-state index in [4.69, 9.17) is 14.7 Å². The van der Waals surface area contributed by atoms with Crippen LogP contribution < -0.4 is 9.46 Å². The summed E-state index contributed by atoms with van der Waals surface area (Å²) in [5.41, 5.74) is 5.41. The fourth-order valence-corrected chi connectivity index (χ4v) is 9.75. The number of nitrogens with zero attached hydrogens (tertiary/aromatic N) is 3. The number of hydrogen-bond donors (Lipinski definition) is 1. The van der Waals surface area contributed by atoms with E-state index in [0.717, 1.165) is 48.1 Å². The van der Waals surface area contributed by atoms with Crippen molar-refractivity contribution >= 4 is 16.0 Å². The normalized spacial score (nSPS) is 27.4. The highest BCUT2D eigenvalue weighted by Crippen LogP contribution is 2.55. The Bertz CT molecular complexity index is 1620. The van der Waals surface area contributed by atoms with Gasteiger partial charge in [-0.15, -0.1) is 0 Å². The number of aromatic nitrogens is 2. The van der Waals surface area contributed by atoms with E-state index in [1.54, 1.807) is 6.07 Å². The maximum Gasteiger partial charge on any atom is 0.264 e. The summed E-state index contributed by atoms with van der Waals surface area (Å²) in [4.78, 5) is 12.5. The van der Waals surface area contributed by atoms with Gasteiger partial charge in [0, 0.05) is 23.7 Å². The Hall–Kier alpha value is -2.97. The van der Waals surface area contributed by atoms with Crippen LogP contribution in [0.4, 0.5) is 5.95 Å². The molecule has 8 heteroatoms. The number of aryl methyl sites for hydroxylation is 2. The molecule has 7 rings (SSSR count). The fraction of sp³-hybridized carbons (Fsp3) is 0.556. The molecule has 3 fully saturated rings. The van der Waals surface area contributed by atoms with E-state index < -0.39 is 10.0 Å². The van der Waals surface area contributed by atoms with Crippen LogP contribution in [0.25, 0.3) is 11.3 Å². The predicted octanol–water partition coefficient (Wildman–Crippen LogP) is 7.64. The van der Waals surface area contributed by atoms with Gasteiger partial charge in [-0.2, -0.15) is 4.98 Å².